The van der Waals surface area contributed by atoms with E-state index in [0.29, 0.717) is 11.3 Å². The lowest BCUT2D eigenvalue weighted by atomic mass is 10.1. The molecule has 1 saturated heterocycles. The molecule has 0 unspecified atom stereocenters. The zero-order valence-electron chi connectivity index (χ0n) is 14.4. The fraction of sp³-hybridized carbons (Fsp3) is 0.278. The maximum atomic E-state index is 12.6. The number of carbonyl (C=O) groups is 2. The molecule has 1 aromatic heterocycles. The fourth-order valence-electron chi connectivity index (χ4n) is 2.76. The number of halogens is 1. The molecule has 3 N–H and O–H groups in total. The number of hydrogen-bond donors (Lipinski definition) is 2. The van der Waals surface area contributed by atoms with Gasteiger partial charge in [0.05, 0.1) is 10.6 Å². The van der Waals surface area contributed by atoms with Crippen LogP contribution in [0.1, 0.15) is 20.7 Å². The Morgan fingerprint density at radius 3 is 2.58 bits per heavy atom. The van der Waals surface area contributed by atoms with Crippen LogP contribution in [-0.2, 0) is 0 Å². The number of anilines is 2. The molecule has 136 valence electrons. The largest absolute Gasteiger partial charge is 0.366 e. The predicted molar refractivity (Wildman–Crippen MR) is 102 cm³/mol. The summed E-state index contributed by atoms with van der Waals surface area (Å²) in [5.74, 6) is -0.160. The normalized spacial score (nSPS) is 14.9. The Bertz CT molecular complexity index is 834. The molecule has 1 aromatic carbocycles. The molecule has 2 aromatic rings. The minimum Gasteiger partial charge on any atom is -0.366 e. The van der Waals surface area contributed by atoms with Gasteiger partial charge in [-0.2, -0.15) is 0 Å². The van der Waals surface area contributed by atoms with Crippen LogP contribution in [0, 0.1) is 0 Å². The monoisotopic (exact) mass is 373 g/mol. The summed E-state index contributed by atoms with van der Waals surface area (Å²) in [4.78, 5) is 32.7. The molecule has 26 heavy (non-hydrogen) atoms. The number of piperazine rings is 1. The Morgan fingerprint density at radius 1 is 1.15 bits per heavy atom. The molecule has 1 aliphatic rings. The topological polar surface area (TPSA) is 91.6 Å². The lowest BCUT2D eigenvalue weighted by molar-refractivity contribution is 0.0996. The van der Waals surface area contributed by atoms with E-state index in [-0.39, 0.29) is 16.5 Å². The maximum Gasteiger partial charge on any atom is 0.255 e. The van der Waals surface area contributed by atoms with Gasteiger partial charge in [0.25, 0.3) is 5.91 Å². The average molecular weight is 374 g/mol. The third kappa shape index (κ3) is 4.12. The standard InChI is InChI=1S/C18H20ClN5O2/c1-23-6-8-24(9-7-23)16-10-12(4-5-21-16)18(26)22-13-2-3-15(19)14(11-13)17(20)25/h2-5,10-11H,6-9H2,1H3,(H2,20,25)(H,22,26). The van der Waals surface area contributed by atoms with Crippen molar-refractivity contribution in [1.82, 2.24) is 9.88 Å². The molecule has 7 nitrogen and oxygen atoms in total. The van der Waals surface area contributed by atoms with Crippen molar-refractivity contribution in [2.45, 2.75) is 0 Å². The number of likely N-dealkylation sites (N-methyl/N-ethyl adjacent to an activating group) is 1. The molecule has 1 fully saturated rings. The van der Waals surface area contributed by atoms with Crippen LogP contribution in [0.4, 0.5) is 11.5 Å². The molecule has 8 heteroatoms. The van der Waals surface area contributed by atoms with Gasteiger partial charge in [-0.05, 0) is 37.4 Å². The van der Waals surface area contributed by atoms with E-state index in [4.69, 9.17) is 17.3 Å². The fourth-order valence-corrected chi connectivity index (χ4v) is 2.97. The number of amides is 2. The number of hydrogen-bond acceptors (Lipinski definition) is 5. The number of nitrogens with one attached hydrogen (secondary N) is 1. The average Bonchev–Trinajstić information content (AvgIpc) is 2.64. The van der Waals surface area contributed by atoms with Gasteiger partial charge in [-0.3, -0.25) is 9.59 Å². The maximum absolute atomic E-state index is 12.6. The minimum atomic E-state index is -0.646. The van der Waals surface area contributed by atoms with Crippen LogP contribution in [0.3, 0.4) is 0 Å². The van der Waals surface area contributed by atoms with Crippen LogP contribution >= 0.6 is 11.6 Å². The van der Waals surface area contributed by atoms with E-state index >= 15 is 0 Å². The van der Waals surface area contributed by atoms with Gasteiger partial charge in [0.2, 0.25) is 5.91 Å². The van der Waals surface area contributed by atoms with Crippen LogP contribution in [0.25, 0.3) is 0 Å². The second kappa shape index (κ2) is 7.72. The quantitative estimate of drug-likeness (QED) is 0.853. The predicted octanol–water partition coefficient (Wildman–Crippen LogP) is 1.84. The molecule has 2 amide bonds. The highest BCUT2D eigenvalue weighted by atomic mass is 35.5. The number of rotatable bonds is 4. The van der Waals surface area contributed by atoms with E-state index in [0.717, 1.165) is 32.0 Å². The summed E-state index contributed by atoms with van der Waals surface area (Å²) in [7, 11) is 2.08. The molecule has 0 atom stereocenters. The number of nitrogens with zero attached hydrogens (tertiary/aromatic N) is 3. The summed E-state index contributed by atoms with van der Waals surface area (Å²) in [6.45, 7) is 3.65. The van der Waals surface area contributed by atoms with Crippen LogP contribution in [-0.4, -0.2) is 54.9 Å². The van der Waals surface area contributed by atoms with E-state index in [1.54, 1.807) is 24.4 Å². The van der Waals surface area contributed by atoms with E-state index in [2.05, 4.69) is 27.1 Å². The van der Waals surface area contributed by atoms with Crippen LogP contribution in [0.15, 0.2) is 36.5 Å². The van der Waals surface area contributed by atoms with E-state index in [1.165, 1.54) is 12.1 Å². The Kier molecular flexibility index (Phi) is 5.39. The van der Waals surface area contributed by atoms with Gasteiger partial charge in [-0.25, -0.2) is 4.98 Å². The zero-order valence-corrected chi connectivity index (χ0v) is 15.2. The smallest absolute Gasteiger partial charge is 0.255 e. The lowest BCUT2D eigenvalue weighted by Crippen LogP contribution is -2.44. The Hall–Kier alpha value is -2.64. The highest BCUT2D eigenvalue weighted by Crippen LogP contribution is 2.21. The first-order chi connectivity index (χ1) is 12.4. The number of carbonyl (C=O) groups excluding carboxylic acids is 2. The van der Waals surface area contributed by atoms with Gasteiger partial charge >= 0.3 is 0 Å². The molecule has 0 saturated carbocycles. The van der Waals surface area contributed by atoms with Crippen LogP contribution in [0.5, 0.6) is 0 Å². The van der Waals surface area contributed by atoms with Crippen molar-refractivity contribution in [2.75, 3.05) is 43.4 Å². The summed E-state index contributed by atoms with van der Waals surface area (Å²) >= 11 is 5.93. The highest BCUT2D eigenvalue weighted by molar-refractivity contribution is 6.34. The van der Waals surface area contributed by atoms with Gasteiger partial charge in [-0.15, -0.1) is 0 Å². The molecule has 1 aliphatic heterocycles. The zero-order chi connectivity index (χ0) is 18.7. The summed E-state index contributed by atoms with van der Waals surface area (Å²) in [6.07, 6.45) is 1.62. The lowest BCUT2D eigenvalue weighted by Gasteiger charge is -2.33. The van der Waals surface area contributed by atoms with Crippen molar-refractivity contribution in [3.8, 4) is 0 Å². The molecule has 0 radical (unpaired) electrons. The van der Waals surface area contributed by atoms with E-state index in [1.807, 2.05) is 0 Å². The first-order valence-electron chi connectivity index (χ1n) is 8.24. The first kappa shape index (κ1) is 18.2. The molecular formula is C18H20ClN5O2. The van der Waals surface area contributed by atoms with Crippen LogP contribution in [0.2, 0.25) is 5.02 Å². The van der Waals surface area contributed by atoms with Crippen molar-refractivity contribution in [2.24, 2.45) is 5.73 Å². The van der Waals surface area contributed by atoms with Crippen molar-refractivity contribution in [1.29, 1.82) is 0 Å². The molecular weight excluding hydrogens is 354 g/mol. The molecule has 0 aliphatic carbocycles. The summed E-state index contributed by atoms with van der Waals surface area (Å²) in [6, 6.07) is 8.03. The molecule has 3 rings (SSSR count). The second-order valence-electron chi connectivity index (χ2n) is 6.21. The number of aromatic nitrogens is 1. The number of benzene rings is 1. The van der Waals surface area contributed by atoms with Gasteiger partial charge in [0.15, 0.2) is 0 Å². The Morgan fingerprint density at radius 2 is 1.88 bits per heavy atom. The third-order valence-corrected chi connectivity index (χ3v) is 4.65. The number of primary amides is 1. The van der Waals surface area contributed by atoms with E-state index in [9.17, 15) is 9.59 Å². The van der Waals surface area contributed by atoms with Gasteiger partial charge < -0.3 is 20.9 Å². The summed E-state index contributed by atoms with van der Waals surface area (Å²) < 4.78 is 0. The van der Waals surface area contributed by atoms with Crippen molar-refractivity contribution in [3.63, 3.8) is 0 Å². The van der Waals surface area contributed by atoms with Crippen LogP contribution < -0.4 is 16.0 Å². The van der Waals surface area contributed by atoms with Crippen molar-refractivity contribution in [3.05, 3.63) is 52.7 Å². The SMILES string of the molecule is CN1CCN(c2cc(C(=O)Nc3ccc(Cl)c(C(N)=O)c3)ccn2)CC1. The minimum absolute atomic E-state index is 0.164. The molecule has 0 bridgehead atoms. The second-order valence-corrected chi connectivity index (χ2v) is 6.61. The highest BCUT2D eigenvalue weighted by Gasteiger charge is 2.17. The van der Waals surface area contributed by atoms with Gasteiger partial charge in [0, 0.05) is 43.6 Å². The Labute approximate surface area is 156 Å². The summed E-state index contributed by atoms with van der Waals surface area (Å²) in [5.41, 5.74) is 6.39. The van der Waals surface area contributed by atoms with E-state index < -0.39 is 5.91 Å². The van der Waals surface area contributed by atoms with Gasteiger partial charge in [0.1, 0.15) is 5.82 Å². The first-order valence-corrected chi connectivity index (χ1v) is 8.62. The number of pyridine rings is 1. The Balaban J connectivity index is 1.75. The van der Waals surface area contributed by atoms with Gasteiger partial charge in [-0.1, -0.05) is 11.6 Å². The number of nitrogens with two attached hydrogens (primary N) is 1. The van der Waals surface area contributed by atoms with Crippen molar-refractivity contribution >= 4 is 34.9 Å². The molecule has 2 heterocycles. The van der Waals surface area contributed by atoms with Crippen molar-refractivity contribution < 1.29 is 9.59 Å². The molecule has 0 spiro atoms. The third-order valence-electron chi connectivity index (χ3n) is 4.32. The summed E-state index contributed by atoms with van der Waals surface area (Å²) in [5, 5.41) is 3.01.